The Kier molecular flexibility index (Phi) is 7.20. The van der Waals surface area contributed by atoms with Crippen molar-refractivity contribution in [2.45, 2.75) is 56.6 Å². The molecule has 0 aromatic carbocycles. The highest BCUT2D eigenvalue weighted by Crippen LogP contribution is 2.29. The number of likely N-dealkylation sites (tertiary alicyclic amines) is 1. The van der Waals surface area contributed by atoms with E-state index >= 15 is 0 Å². The summed E-state index contributed by atoms with van der Waals surface area (Å²) in [4.78, 5) is 26.3. The molecule has 1 unspecified atom stereocenters. The number of allylic oxidation sites excluding steroid dienone is 3. The van der Waals surface area contributed by atoms with Gasteiger partial charge >= 0.3 is 5.97 Å². The summed E-state index contributed by atoms with van der Waals surface area (Å²) in [6.45, 7) is 0.614. The van der Waals surface area contributed by atoms with Crippen LogP contribution >= 0.6 is 11.3 Å². The van der Waals surface area contributed by atoms with Gasteiger partial charge in [0.25, 0.3) is 5.92 Å². The largest absolute Gasteiger partial charge is 0.477 e. The number of aliphatic hydroxyl groups excluding tert-OH is 1. The molecule has 3 rings (SSSR count). The number of alkyl halides is 2. The second-order valence-corrected chi connectivity index (χ2v) is 8.70. The Morgan fingerprint density at radius 1 is 1.33 bits per heavy atom. The smallest absolute Gasteiger partial charge is 0.345 e. The van der Waals surface area contributed by atoms with Gasteiger partial charge in [0.15, 0.2) is 0 Å². The summed E-state index contributed by atoms with van der Waals surface area (Å²) in [5.74, 6) is -4.01. The first-order chi connectivity index (χ1) is 14.3. The summed E-state index contributed by atoms with van der Waals surface area (Å²) in [6, 6.07) is 3.45. The fourth-order valence-electron chi connectivity index (χ4n) is 3.65. The number of carbonyl (C=O) groups excluding carboxylic acids is 1. The van der Waals surface area contributed by atoms with E-state index in [-0.39, 0.29) is 11.9 Å². The normalized spacial score (nSPS) is 23.4. The lowest BCUT2D eigenvalue weighted by molar-refractivity contribution is -0.128. The van der Waals surface area contributed by atoms with Crippen LogP contribution in [0.25, 0.3) is 0 Å². The molecule has 2 atom stereocenters. The van der Waals surface area contributed by atoms with Crippen molar-refractivity contribution >= 4 is 23.2 Å². The van der Waals surface area contributed by atoms with Gasteiger partial charge in [-0.1, -0.05) is 18.2 Å². The fourth-order valence-corrected chi connectivity index (χ4v) is 4.54. The van der Waals surface area contributed by atoms with Gasteiger partial charge in [0, 0.05) is 17.8 Å². The van der Waals surface area contributed by atoms with Crippen molar-refractivity contribution in [2.24, 2.45) is 0 Å². The van der Waals surface area contributed by atoms with Crippen LogP contribution < -0.4 is 0 Å². The van der Waals surface area contributed by atoms with E-state index in [1.165, 1.54) is 23.5 Å². The Bertz CT molecular complexity index is 874. The molecule has 2 aliphatic rings. The lowest BCUT2D eigenvalue weighted by Gasteiger charge is -2.22. The predicted octanol–water partition coefficient (Wildman–Crippen LogP) is 4.20. The van der Waals surface area contributed by atoms with Crippen molar-refractivity contribution in [2.75, 3.05) is 6.54 Å². The Morgan fingerprint density at radius 3 is 2.83 bits per heavy atom. The molecule has 1 aliphatic carbocycles. The van der Waals surface area contributed by atoms with Crippen LogP contribution in [0, 0.1) is 0 Å². The number of hydrogen-bond donors (Lipinski definition) is 2. The van der Waals surface area contributed by atoms with Crippen LogP contribution in [-0.2, 0) is 11.2 Å². The molecule has 1 aromatic rings. The van der Waals surface area contributed by atoms with E-state index in [4.69, 9.17) is 5.11 Å². The van der Waals surface area contributed by atoms with E-state index in [9.17, 15) is 23.5 Å². The van der Waals surface area contributed by atoms with Crippen molar-refractivity contribution in [3.05, 3.63) is 57.8 Å². The highest BCUT2D eigenvalue weighted by Gasteiger charge is 2.36. The minimum Gasteiger partial charge on any atom is -0.477 e. The van der Waals surface area contributed by atoms with Crippen LogP contribution in [0.2, 0.25) is 0 Å². The summed E-state index contributed by atoms with van der Waals surface area (Å²) >= 11 is 1.26. The lowest BCUT2D eigenvalue weighted by Crippen LogP contribution is -2.32. The number of halogens is 2. The zero-order chi connectivity index (χ0) is 21.7. The van der Waals surface area contributed by atoms with Gasteiger partial charge in [-0.15, -0.1) is 11.3 Å². The topological polar surface area (TPSA) is 77.8 Å². The van der Waals surface area contributed by atoms with E-state index in [1.54, 1.807) is 6.07 Å². The zero-order valence-corrected chi connectivity index (χ0v) is 17.3. The first-order valence-electron chi connectivity index (χ1n) is 10.0. The number of hydrogen-bond acceptors (Lipinski definition) is 4. The third-order valence-electron chi connectivity index (χ3n) is 5.31. The van der Waals surface area contributed by atoms with Crippen molar-refractivity contribution in [3.63, 3.8) is 0 Å². The average molecular weight is 438 g/mol. The molecule has 30 heavy (non-hydrogen) atoms. The number of aryl methyl sites for hydroxylation is 1. The molecule has 1 aliphatic heterocycles. The third-order valence-corrected chi connectivity index (χ3v) is 6.45. The molecule has 0 saturated carbocycles. The van der Waals surface area contributed by atoms with Crippen molar-refractivity contribution in [1.82, 2.24) is 4.90 Å². The Hall–Kier alpha value is -2.32. The van der Waals surface area contributed by atoms with Crippen LogP contribution in [0.15, 0.2) is 48.1 Å². The number of thiophene rings is 1. The molecule has 1 aromatic heterocycles. The molecule has 2 N–H and O–H groups in total. The fraction of sp³-hybridized carbons (Fsp3) is 0.455. The second-order valence-electron chi connectivity index (χ2n) is 7.53. The number of carboxylic acids is 1. The van der Waals surface area contributed by atoms with Gasteiger partial charge in [-0.25, -0.2) is 4.79 Å². The molecular weight excluding hydrogens is 412 g/mol. The summed E-state index contributed by atoms with van der Waals surface area (Å²) in [7, 11) is 0. The number of aromatic carboxylic acids is 1. The van der Waals surface area contributed by atoms with Gasteiger partial charge in [-0.05, 0) is 62.0 Å². The summed E-state index contributed by atoms with van der Waals surface area (Å²) in [6.07, 6.45) is 9.40. The van der Waals surface area contributed by atoms with Crippen LogP contribution in [0.5, 0.6) is 0 Å². The minimum atomic E-state index is -3.21. The van der Waals surface area contributed by atoms with E-state index in [2.05, 4.69) is 0 Å². The maximum atomic E-state index is 13.2. The summed E-state index contributed by atoms with van der Waals surface area (Å²) < 4.78 is 26.5. The van der Waals surface area contributed by atoms with Crippen LogP contribution in [-0.4, -0.2) is 51.6 Å². The van der Waals surface area contributed by atoms with Gasteiger partial charge in [-0.3, -0.25) is 4.79 Å². The SMILES string of the molecule is O=C(O)c1ccc(CCCN2C(=O)CC[C@@H]2/C=C/CCC2=CC(O)C(F)(F)C=C2)s1. The first-order valence-corrected chi connectivity index (χ1v) is 10.8. The van der Waals surface area contributed by atoms with Gasteiger partial charge in [0.1, 0.15) is 11.0 Å². The van der Waals surface area contributed by atoms with Gasteiger partial charge < -0.3 is 15.1 Å². The average Bonchev–Trinajstić information content (AvgIpc) is 3.30. The maximum Gasteiger partial charge on any atom is 0.345 e. The molecule has 2 heterocycles. The van der Waals surface area contributed by atoms with Crippen LogP contribution in [0.3, 0.4) is 0 Å². The third kappa shape index (κ3) is 5.64. The Morgan fingerprint density at radius 2 is 2.13 bits per heavy atom. The highest BCUT2D eigenvalue weighted by molar-refractivity contribution is 7.13. The molecule has 0 spiro atoms. The second kappa shape index (κ2) is 9.66. The van der Waals surface area contributed by atoms with Crippen LogP contribution in [0.1, 0.15) is 46.7 Å². The molecule has 0 radical (unpaired) electrons. The standard InChI is InChI=1S/C22H25F2NO4S/c23-22(24)12-11-15(14-19(22)26)4-1-2-5-16-7-10-20(27)25(16)13-3-6-17-8-9-18(30-17)21(28)29/h2,5,8-9,11-12,14,16,19,26H,1,3-4,6-7,10,13H2,(H,28,29)/b5-2+/t16-,19?/m0/s1. The number of nitrogens with zero attached hydrogens (tertiary/aromatic N) is 1. The molecule has 0 bridgehead atoms. The highest BCUT2D eigenvalue weighted by atomic mass is 32.1. The number of carbonyl (C=O) groups is 2. The minimum absolute atomic E-state index is 0.0289. The quantitative estimate of drug-likeness (QED) is 0.568. The number of rotatable bonds is 9. The van der Waals surface area contributed by atoms with Gasteiger partial charge in [0.2, 0.25) is 5.91 Å². The van der Waals surface area contributed by atoms with E-state index in [1.807, 2.05) is 23.1 Å². The monoisotopic (exact) mass is 437 g/mol. The van der Waals surface area contributed by atoms with Gasteiger partial charge in [0.05, 0.1) is 6.04 Å². The maximum absolute atomic E-state index is 13.2. The Balaban J connectivity index is 1.45. The summed E-state index contributed by atoms with van der Waals surface area (Å²) in [5, 5.41) is 18.4. The number of amides is 1. The molecule has 8 heteroatoms. The molecular formula is C22H25F2NO4S. The van der Waals surface area contributed by atoms with E-state index in [0.29, 0.717) is 36.3 Å². The Labute approximate surface area is 178 Å². The van der Waals surface area contributed by atoms with Crippen molar-refractivity contribution in [3.8, 4) is 0 Å². The van der Waals surface area contributed by atoms with Crippen molar-refractivity contribution in [1.29, 1.82) is 0 Å². The molecule has 1 fully saturated rings. The molecule has 1 saturated heterocycles. The lowest BCUT2D eigenvalue weighted by atomic mass is 9.98. The van der Waals surface area contributed by atoms with Crippen molar-refractivity contribution < 1.29 is 28.6 Å². The molecule has 162 valence electrons. The van der Waals surface area contributed by atoms with Gasteiger partial charge in [-0.2, -0.15) is 8.78 Å². The summed E-state index contributed by atoms with van der Waals surface area (Å²) in [5.41, 5.74) is 0.675. The molecule has 5 nitrogen and oxygen atoms in total. The predicted molar refractivity (Wildman–Crippen MR) is 111 cm³/mol. The first kappa shape index (κ1) is 22.4. The van der Waals surface area contributed by atoms with E-state index in [0.717, 1.165) is 30.2 Å². The number of aliphatic hydroxyl groups is 1. The van der Waals surface area contributed by atoms with E-state index < -0.39 is 18.0 Å². The molecule has 1 amide bonds. The number of carboxylic acid groups (broad SMARTS) is 1. The van der Waals surface area contributed by atoms with Crippen LogP contribution in [0.4, 0.5) is 8.78 Å². The zero-order valence-electron chi connectivity index (χ0n) is 16.5.